The maximum atomic E-state index is 11.1. The van der Waals surface area contributed by atoms with Gasteiger partial charge in [0.1, 0.15) is 6.04 Å². The number of carbonyl (C=O) groups is 1. The van der Waals surface area contributed by atoms with Crippen LogP contribution in [0.1, 0.15) is 12.8 Å². The van der Waals surface area contributed by atoms with Gasteiger partial charge in [0.25, 0.3) is 0 Å². The predicted octanol–water partition coefficient (Wildman–Crippen LogP) is -0.811. The zero-order valence-corrected chi connectivity index (χ0v) is 9.35. The minimum absolute atomic E-state index is 0.228. The summed E-state index contributed by atoms with van der Waals surface area (Å²) in [5.41, 5.74) is 5.58. The molecule has 0 aromatic carbocycles. The third-order valence-corrected chi connectivity index (χ3v) is 2.97. The molecule has 1 rings (SSSR count). The lowest BCUT2D eigenvalue weighted by atomic mass is 9.96. The molecule has 5 heteroatoms. The quantitative estimate of drug-likeness (QED) is 0.601. The van der Waals surface area contributed by atoms with Crippen molar-refractivity contribution in [2.45, 2.75) is 25.0 Å². The maximum absolute atomic E-state index is 11.1. The number of nitrogens with two attached hydrogens (primary N) is 1. The standard InChI is InChI=1S/C10H20N2O3/c1-12-4-3-7(6-12)9(13)5-8(11)10(14)15-2/h7-9,13H,3-6,11H2,1-2H3. The van der Waals surface area contributed by atoms with Crippen LogP contribution in [0.2, 0.25) is 0 Å². The molecule has 0 amide bonds. The van der Waals surface area contributed by atoms with Crippen LogP contribution in [-0.2, 0) is 9.53 Å². The summed E-state index contributed by atoms with van der Waals surface area (Å²) < 4.78 is 4.51. The molecule has 3 atom stereocenters. The normalized spacial score (nSPS) is 26.3. The lowest BCUT2D eigenvalue weighted by Gasteiger charge is -2.20. The van der Waals surface area contributed by atoms with Crippen molar-refractivity contribution >= 4 is 5.97 Å². The summed E-state index contributed by atoms with van der Waals surface area (Å²) in [6.07, 6.45) is 0.737. The number of hydrogen-bond acceptors (Lipinski definition) is 5. The molecule has 3 unspecified atom stereocenters. The molecule has 1 aliphatic heterocycles. The van der Waals surface area contributed by atoms with Crippen LogP contribution in [0.15, 0.2) is 0 Å². The summed E-state index contributed by atoms with van der Waals surface area (Å²) in [6.45, 7) is 1.87. The Balaban J connectivity index is 2.35. The van der Waals surface area contributed by atoms with E-state index in [1.807, 2.05) is 7.05 Å². The summed E-state index contributed by atoms with van der Waals surface area (Å²) in [7, 11) is 3.32. The van der Waals surface area contributed by atoms with Gasteiger partial charge in [-0.05, 0) is 32.4 Å². The minimum Gasteiger partial charge on any atom is -0.468 e. The van der Waals surface area contributed by atoms with E-state index in [4.69, 9.17) is 5.73 Å². The number of nitrogens with zero attached hydrogens (tertiary/aromatic N) is 1. The molecular weight excluding hydrogens is 196 g/mol. The summed E-state index contributed by atoms with van der Waals surface area (Å²) in [4.78, 5) is 13.2. The summed E-state index contributed by atoms with van der Waals surface area (Å²) in [5, 5.41) is 9.87. The zero-order chi connectivity index (χ0) is 11.4. The van der Waals surface area contributed by atoms with Gasteiger partial charge < -0.3 is 20.5 Å². The number of aliphatic hydroxyl groups excluding tert-OH is 1. The topological polar surface area (TPSA) is 75.8 Å². The number of aliphatic hydroxyl groups is 1. The van der Waals surface area contributed by atoms with Gasteiger partial charge in [0.15, 0.2) is 0 Å². The van der Waals surface area contributed by atoms with Crippen molar-refractivity contribution in [1.29, 1.82) is 0 Å². The van der Waals surface area contributed by atoms with Gasteiger partial charge in [0.05, 0.1) is 13.2 Å². The van der Waals surface area contributed by atoms with E-state index in [2.05, 4.69) is 9.64 Å². The number of carbonyl (C=O) groups excluding carboxylic acids is 1. The molecule has 0 spiro atoms. The van der Waals surface area contributed by atoms with E-state index in [1.165, 1.54) is 7.11 Å². The van der Waals surface area contributed by atoms with Crippen molar-refractivity contribution in [2.75, 3.05) is 27.2 Å². The lowest BCUT2D eigenvalue weighted by molar-refractivity contribution is -0.143. The molecule has 1 saturated heterocycles. The molecule has 1 aliphatic rings. The van der Waals surface area contributed by atoms with Crippen LogP contribution in [0.3, 0.4) is 0 Å². The van der Waals surface area contributed by atoms with E-state index in [0.717, 1.165) is 19.5 Å². The van der Waals surface area contributed by atoms with Crippen LogP contribution < -0.4 is 5.73 Å². The van der Waals surface area contributed by atoms with Gasteiger partial charge in [-0.3, -0.25) is 4.79 Å². The minimum atomic E-state index is -0.712. The first-order valence-corrected chi connectivity index (χ1v) is 5.24. The Morgan fingerprint density at radius 3 is 2.87 bits per heavy atom. The predicted molar refractivity (Wildman–Crippen MR) is 56.2 cm³/mol. The fraction of sp³-hybridized carbons (Fsp3) is 0.900. The molecule has 88 valence electrons. The molecule has 0 radical (unpaired) electrons. The Morgan fingerprint density at radius 1 is 1.73 bits per heavy atom. The van der Waals surface area contributed by atoms with Crippen molar-refractivity contribution in [3.63, 3.8) is 0 Å². The SMILES string of the molecule is COC(=O)C(N)CC(O)C1CCN(C)C1. The Labute approximate surface area is 90.2 Å². The second-order valence-electron chi connectivity index (χ2n) is 4.24. The number of ether oxygens (including phenoxy) is 1. The molecule has 0 aliphatic carbocycles. The van der Waals surface area contributed by atoms with Gasteiger partial charge in [-0.15, -0.1) is 0 Å². The number of hydrogen-bond donors (Lipinski definition) is 2. The number of rotatable bonds is 4. The van der Waals surface area contributed by atoms with E-state index < -0.39 is 18.1 Å². The second kappa shape index (κ2) is 5.44. The molecule has 0 aromatic heterocycles. The first-order valence-electron chi connectivity index (χ1n) is 5.24. The van der Waals surface area contributed by atoms with Gasteiger partial charge in [-0.1, -0.05) is 0 Å². The summed E-state index contributed by atoms with van der Waals surface area (Å²) in [6, 6.07) is -0.712. The van der Waals surface area contributed by atoms with Crippen molar-refractivity contribution in [2.24, 2.45) is 11.7 Å². The highest BCUT2D eigenvalue weighted by atomic mass is 16.5. The van der Waals surface area contributed by atoms with Crippen molar-refractivity contribution in [1.82, 2.24) is 4.90 Å². The van der Waals surface area contributed by atoms with Gasteiger partial charge in [-0.2, -0.15) is 0 Å². The molecular formula is C10H20N2O3. The average molecular weight is 216 g/mol. The molecule has 1 heterocycles. The molecule has 1 fully saturated rings. The van der Waals surface area contributed by atoms with Crippen molar-refractivity contribution in [3.05, 3.63) is 0 Å². The Hall–Kier alpha value is -0.650. The van der Waals surface area contributed by atoms with Gasteiger partial charge in [-0.25, -0.2) is 0 Å². The first-order chi connectivity index (χ1) is 7.04. The summed E-state index contributed by atoms with van der Waals surface area (Å²) >= 11 is 0. The first kappa shape index (κ1) is 12.4. The third-order valence-electron chi connectivity index (χ3n) is 2.97. The number of esters is 1. The smallest absolute Gasteiger partial charge is 0.322 e. The molecule has 0 bridgehead atoms. The Kier molecular flexibility index (Phi) is 4.50. The van der Waals surface area contributed by atoms with Crippen molar-refractivity contribution < 1.29 is 14.6 Å². The van der Waals surface area contributed by atoms with E-state index in [1.54, 1.807) is 0 Å². The van der Waals surface area contributed by atoms with Crippen LogP contribution in [0.25, 0.3) is 0 Å². The van der Waals surface area contributed by atoms with Crippen molar-refractivity contribution in [3.8, 4) is 0 Å². The van der Waals surface area contributed by atoms with Crippen LogP contribution in [0.5, 0.6) is 0 Å². The van der Waals surface area contributed by atoms with Gasteiger partial charge in [0.2, 0.25) is 0 Å². The van der Waals surface area contributed by atoms with E-state index in [0.29, 0.717) is 0 Å². The van der Waals surface area contributed by atoms with Crippen LogP contribution in [0.4, 0.5) is 0 Å². The molecule has 5 nitrogen and oxygen atoms in total. The third kappa shape index (κ3) is 3.44. The highest BCUT2D eigenvalue weighted by molar-refractivity contribution is 5.75. The van der Waals surface area contributed by atoms with E-state index in [9.17, 15) is 9.90 Å². The maximum Gasteiger partial charge on any atom is 0.322 e. The fourth-order valence-electron chi connectivity index (χ4n) is 1.98. The highest BCUT2D eigenvalue weighted by Gasteiger charge is 2.29. The largest absolute Gasteiger partial charge is 0.468 e. The molecule has 3 N–H and O–H groups in total. The van der Waals surface area contributed by atoms with Crippen LogP contribution >= 0.6 is 0 Å². The number of methoxy groups -OCH3 is 1. The molecule has 0 saturated carbocycles. The van der Waals surface area contributed by atoms with E-state index >= 15 is 0 Å². The monoisotopic (exact) mass is 216 g/mol. The van der Waals surface area contributed by atoms with Crippen LogP contribution in [0, 0.1) is 5.92 Å². The number of likely N-dealkylation sites (tertiary alicyclic amines) is 1. The van der Waals surface area contributed by atoms with Gasteiger partial charge in [0, 0.05) is 6.54 Å². The second-order valence-corrected chi connectivity index (χ2v) is 4.24. The van der Waals surface area contributed by atoms with E-state index in [-0.39, 0.29) is 12.3 Å². The lowest BCUT2D eigenvalue weighted by Crippen LogP contribution is -2.38. The average Bonchev–Trinajstić information content (AvgIpc) is 2.63. The fourth-order valence-corrected chi connectivity index (χ4v) is 1.98. The molecule has 0 aromatic rings. The Bertz CT molecular complexity index is 223. The highest BCUT2D eigenvalue weighted by Crippen LogP contribution is 2.20. The summed E-state index contributed by atoms with van der Waals surface area (Å²) in [5.74, 6) is -0.230. The van der Waals surface area contributed by atoms with Crippen LogP contribution in [-0.4, -0.2) is 55.4 Å². The molecule has 15 heavy (non-hydrogen) atoms. The Morgan fingerprint density at radius 2 is 2.40 bits per heavy atom. The van der Waals surface area contributed by atoms with Gasteiger partial charge >= 0.3 is 5.97 Å². The zero-order valence-electron chi connectivity index (χ0n) is 9.35.